The van der Waals surface area contributed by atoms with E-state index in [1.807, 2.05) is 37.3 Å². The van der Waals surface area contributed by atoms with Crippen molar-refractivity contribution in [2.75, 3.05) is 5.73 Å². The lowest BCUT2D eigenvalue weighted by Crippen LogP contribution is -2.18. The Balaban J connectivity index is 2.28. The van der Waals surface area contributed by atoms with E-state index in [4.69, 9.17) is 5.73 Å². The number of benzene rings is 2. The monoisotopic (exact) mass is 251 g/mol. The molecule has 3 rings (SSSR count). The number of anilines is 1. The van der Waals surface area contributed by atoms with Gasteiger partial charge in [0.2, 0.25) is 0 Å². The summed E-state index contributed by atoms with van der Waals surface area (Å²) in [7, 11) is 0. The van der Waals surface area contributed by atoms with E-state index in [0.717, 1.165) is 11.3 Å². The molecule has 3 aromatic rings. The number of para-hydroxylation sites is 1. The highest BCUT2D eigenvalue weighted by Gasteiger charge is 2.06. The summed E-state index contributed by atoms with van der Waals surface area (Å²) in [5.74, 6) is 0. The molecule has 4 nitrogen and oxygen atoms in total. The van der Waals surface area contributed by atoms with Crippen LogP contribution in [0, 0.1) is 6.92 Å². The van der Waals surface area contributed by atoms with Crippen molar-refractivity contribution < 1.29 is 0 Å². The Morgan fingerprint density at radius 3 is 2.74 bits per heavy atom. The van der Waals surface area contributed by atoms with Gasteiger partial charge in [-0.05, 0) is 36.8 Å². The number of aryl methyl sites for hydroxylation is 1. The minimum absolute atomic E-state index is 0.0890. The molecular formula is C15H13N3O. The Kier molecular flexibility index (Phi) is 2.56. The maximum absolute atomic E-state index is 12.4. The van der Waals surface area contributed by atoms with Crippen LogP contribution in [0.25, 0.3) is 16.6 Å². The first-order chi connectivity index (χ1) is 9.16. The van der Waals surface area contributed by atoms with Crippen molar-refractivity contribution in [3.63, 3.8) is 0 Å². The van der Waals surface area contributed by atoms with Crippen LogP contribution in [0.2, 0.25) is 0 Å². The van der Waals surface area contributed by atoms with Crippen molar-refractivity contribution in [1.82, 2.24) is 9.55 Å². The Labute approximate surface area is 110 Å². The van der Waals surface area contributed by atoms with Crippen LogP contribution >= 0.6 is 0 Å². The van der Waals surface area contributed by atoms with Crippen molar-refractivity contribution in [3.05, 3.63) is 64.7 Å². The summed E-state index contributed by atoms with van der Waals surface area (Å²) in [6.07, 6.45) is 1.54. The number of nitrogens with zero attached hydrogens (tertiary/aromatic N) is 2. The van der Waals surface area contributed by atoms with Crippen molar-refractivity contribution in [1.29, 1.82) is 0 Å². The van der Waals surface area contributed by atoms with Gasteiger partial charge in [-0.1, -0.05) is 18.2 Å². The van der Waals surface area contributed by atoms with Crippen LogP contribution in [-0.2, 0) is 0 Å². The lowest BCUT2D eigenvalue weighted by atomic mass is 10.2. The second kappa shape index (κ2) is 4.24. The molecular weight excluding hydrogens is 238 g/mol. The number of nitrogens with two attached hydrogens (primary N) is 1. The van der Waals surface area contributed by atoms with Gasteiger partial charge in [-0.15, -0.1) is 0 Å². The normalized spacial score (nSPS) is 10.8. The van der Waals surface area contributed by atoms with E-state index in [1.165, 1.54) is 10.9 Å². The minimum Gasteiger partial charge on any atom is -0.398 e. The van der Waals surface area contributed by atoms with Gasteiger partial charge in [0.15, 0.2) is 0 Å². The van der Waals surface area contributed by atoms with Crippen molar-refractivity contribution in [2.24, 2.45) is 0 Å². The number of rotatable bonds is 1. The predicted octanol–water partition coefficient (Wildman–Crippen LogP) is 2.28. The fourth-order valence-corrected chi connectivity index (χ4v) is 2.03. The molecule has 2 aromatic carbocycles. The van der Waals surface area contributed by atoms with Crippen LogP contribution in [0.3, 0.4) is 0 Å². The standard InChI is InChI=1S/C15H13N3O/c1-10-6-7-11(8-13(10)16)18-9-17-14-5-3-2-4-12(14)15(18)19/h2-9H,16H2,1H3. The second-order valence-corrected chi connectivity index (χ2v) is 4.48. The van der Waals surface area contributed by atoms with Gasteiger partial charge in [-0.25, -0.2) is 4.98 Å². The maximum atomic E-state index is 12.4. The van der Waals surface area contributed by atoms with Gasteiger partial charge in [-0.3, -0.25) is 9.36 Å². The van der Waals surface area contributed by atoms with Crippen LogP contribution in [0.4, 0.5) is 5.69 Å². The fourth-order valence-electron chi connectivity index (χ4n) is 2.03. The molecule has 0 spiro atoms. The van der Waals surface area contributed by atoms with Gasteiger partial charge in [-0.2, -0.15) is 0 Å². The van der Waals surface area contributed by atoms with E-state index in [2.05, 4.69) is 4.98 Å². The zero-order valence-corrected chi connectivity index (χ0v) is 10.5. The first-order valence-electron chi connectivity index (χ1n) is 6.00. The van der Waals surface area contributed by atoms with E-state index in [9.17, 15) is 4.79 Å². The molecule has 0 aliphatic heterocycles. The first-order valence-corrected chi connectivity index (χ1v) is 6.00. The summed E-state index contributed by atoms with van der Waals surface area (Å²) >= 11 is 0. The van der Waals surface area contributed by atoms with Gasteiger partial charge >= 0.3 is 0 Å². The summed E-state index contributed by atoms with van der Waals surface area (Å²) in [4.78, 5) is 16.7. The molecule has 0 bridgehead atoms. The number of hydrogen-bond donors (Lipinski definition) is 1. The lowest BCUT2D eigenvalue weighted by Gasteiger charge is -2.08. The predicted molar refractivity (Wildman–Crippen MR) is 76.5 cm³/mol. The highest BCUT2D eigenvalue weighted by Crippen LogP contribution is 2.16. The van der Waals surface area contributed by atoms with E-state index in [1.54, 1.807) is 12.1 Å². The molecule has 0 amide bonds. The van der Waals surface area contributed by atoms with Gasteiger partial charge in [0.1, 0.15) is 6.33 Å². The SMILES string of the molecule is Cc1ccc(-n2cnc3ccccc3c2=O)cc1N. The second-order valence-electron chi connectivity index (χ2n) is 4.48. The van der Waals surface area contributed by atoms with E-state index in [0.29, 0.717) is 16.6 Å². The third kappa shape index (κ3) is 1.87. The van der Waals surface area contributed by atoms with Crippen LogP contribution in [0.15, 0.2) is 53.6 Å². The molecule has 0 aliphatic rings. The van der Waals surface area contributed by atoms with Gasteiger partial charge in [0.05, 0.1) is 16.6 Å². The Morgan fingerprint density at radius 2 is 1.95 bits per heavy atom. The molecule has 19 heavy (non-hydrogen) atoms. The quantitative estimate of drug-likeness (QED) is 0.675. The Morgan fingerprint density at radius 1 is 1.16 bits per heavy atom. The van der Waals surface area contributed by atoms with E-state index < -0.39 is 0 Å². The molecule has 0 radical (unpaired) electrons. The number of hydrogen-bond acceptors (Lipinski definition) is 3. The third-order valence-corrected chi connectivity index (χ3v) is 3.21. The topological polar surface area (TPSA) is 60.9 Å². The van der Waals surface area contributed by atoms with Gasteiger partial charge in [0, 0.05) is 5.69 Å². The summed E-state index contributed by atoms with van der Waals surface area (Å²) in [5, 5.41) is 0.601. The molecule has 0 saturated carbocycles. The third-order valence-electron chi connectivity index (χ3n) is 3.21. The Hall–Kier alpha value is -2.62. The zero-order valence-electron chi connectivity index (χ0n) is 10.5. The number of aromatic nitrogens is 2. The molecule has 0 saturated heterocycles. The molecule has 0 fully saturated rings. The molecule has 94 valence electrons. The smallest absolute Gasteiger partial charge is 0.265 e. The molecule has 1 aromatic heterocycles. The lowest BCUT2D eigenvalue weighted by molar-refractivity contribution is 0.963. The first kappa shape index (κ1) is 11.5. The van der Waals surface area contributed by atoms with E-state index >= 15 is 0 Å². The van der Waals surface area contributed by atoms with Crippen LogP contribution in [-0.4, -0.2) is 9.55 Å². The van der Waals surface area contributed by atoms with Crippen LogP contribution in [0.1, 0.15) is 5.56 Å². The summed E-state index contributed by atoms with van der Waals surface area (Å²) < 4.78 is 1.51. The van der Waals surface area contributed by atoms with E-state index in [-0.39, 0.29) is 5.56 Å². The zero-order chi connectivity index (χ0) is 13.4. The van der Waals surface area contributed by atoms with Gasteiger partial charge < -0.3 is 5.73 Å². The molecule has 0 aliphatic carbocycles. The van der Waals surface area contributed by atoms with Gasteiger partial charge in [0.25, 0.3) is 5.56 Å². The summed E-state index contributed by atoms with van der Waals surface area (Å²) in [5.41, 5.74) is 8.88. The Bertz CT molecular complexity index is 821. The van der Waals surface area contributed by atoms with Crippen molar-refractivity contribution in [3.8, 4) is 5.69 Å². The number of fused-ring (bicyclic) bond motifs is 1. The fraction of sp³-hybridized carbons (Fsp3) is 0.0667. The maximum Gasteiger partial charge on any atom is 0.265 e. The van der Waals surface area contributed by atoms with Crippen LogP contribution < -0.4 is 11.3 Å². The van der Waals surface area contributed by atoms with Crippen molar-refractivity contribution in [2.45, 2.75) is 6.92 Å². The largest absolute Gasteiger partial charge is 0.398 e. The summed E-state index contributed by atoms with van der Waals surface area (Å²) in [6.45, 7) is 1.93. The number of nitrogen functional groups attached to an aromatic ring is 1. The molecule has 2 N–H and O–H groups in total. The summed E-state index contributed by atoms with van der Waals surface area (Å²) in [6, 6.07) is 12.8. The highest BCUT2D eigenvalue weighted by atomic mass is 16.1. The average molecular weight is 251 g/mol. The average Bonchev–Trinajstić information content (AvgIpc) is 2.43. The highest BCUT2D eigenvalue weighted by molar-refractivity contribution is 5.77. The molecule has 4 heteroatoms. The molecule has 0 atom stereocenters. The molecule has 1 heterocycles. The molecule has 0 unspecified atom stereocenters. The van der Waals surface area contributed by atoms with Crippen molar-refractivity contribution >= 4 is 16.6 Å². The minimum atomic E-state index is -0.0890. The van der Waals surface area contributed by atoms with Crippen LogP contribution in [0.5, 0.6) is 0 Å².